The minimum Gasteiger partial charge on any atom is -0.493 e. The second-order valence-corrected chi connectivity index (χ2v) is 6.42. The Hall–Kier alpha value is -1.09. The highest BCUT2D eigenvalue weighted by Crippen LogP contribution is 2.40. The molecule has 0 bridgehead atoms. The molecule has 2 atom stereocenters. The van der Waals surface area contributed by atoms with Gasteiger partial charge in [-0.3, -0.25) is 0 Å². The molecule has 1 N–H and O–H groups in total. The summed E-state index contributed by atoms with van der Waals surface area (Å²) in [6, 6.07) is 11.6. The number of hydrogen-bond donors (Lipinski definition) is 1. The summed E-state index contributed by atoms with van der Waals surface area (Å²) in [7, 11) is 0. The Morgan fingerprint density at radius 2 is 1.76 bits per heavy atom. The van der Waals surface area contributed by atoms with E-state index in [2.05, 4.69) is 18.3 Å². The topological polar surface area (TPSA) is 21.3 Å². The fourth-order valence-electron chi connectivity index (χ4n) is 2.51. The maximum absolute atomic E-state index is 6.26. The van der Waals surface area contributed by atoms with Crippen molar-refractivity contribution in [3.63, 3.8) is 0 Å². The Balaban J connectivity index is 1.96. The summed E-state index contributed by atoms with van der Waals surface area (Å²) in [5, 5.41) is 4.96. The zero-order chi connectivity index (χ0) is 15.0. The van der Waals surface area contributed by atoms with E-state index in [-0.39, 0.29) is 6.04 Å². The van der Waals surface area contributed by atoms with Crippen LogP contribution in [0.1, 0.15) is 18.5 Å². The first-order valence-corrected chi connectivity index (χ1v) is 7.82. The Bertz CT molecular complexity index is 675. The standard InChI is InChI=1S/C16H14Cl3NO/c1-9-8-21-15-5-3-2-4-10(15)16(9)20-14-7-12(18)11(17)6-13(14)19/h2-7,9,16,20H,8H2,1H3. The third-order valence-corrected chi connectivity index (χ3v) is 4.68. The van der Waals surface area contributed by atoms with E-state index >= 15 is 0 Å². The lowest BCUT2D eigenvalue weighted by molar-refractivity contribution is 0.214. The van der Waals surface area contributed by atoms with Crippen molar-refractivity contribution in [2.45, 2.75) is 13.0 Å². The van der Waals surface area contributed by atoms with Crippen LogP contribution >= 0.6 is 34.8 Å². The molecule has 1 heterocycles. The van der Waals surface area contributed by atoms with Crippen LogP contribution in [0.3, 0.4) is 0 Å². The third kappa shape index (κ3) is 2.94. The highest BCUT2D eigenvalue weighted by Gasteiger charge is 2.28. The number of anilines is 1. The quantitative estimate of drug-likeness (QED) is 0.693. The van der Waals surface area contributed by atoms with E-state index in [4.69, 9.17) is 39.5 Å². The molecule has 0 spiro atoms. The summed E-state index contributed by atoms with van der Waals surface area (Å²) < 4.78 is 5.76. The normalized spacial score (nSPS) is 20.6. The Morgan fingerprint density at radius 3 is 2.57 bits per heavy atom. The molecule has 0 aromatic heterocycles. The molecule has 21 heavy (non-hydrogen) atoms. The molecule has 2 aromatic rings. The van der Waals surface area contributed by atoms with Gasteiger partial charge in [-0.05, 0) is 18.2 Å². The largest absolute Gasteiger partial charge is 0.493 e. The van der Waals surface area contributed by atoms with Gasteiger partial charge in [0, 0.05) is 11.5 Å². The fraction of sp³-hybridized carbons (Fsp3) is 0.250. The van der Waals surface area contributed by atoms with Gasteiger partial charge < -0.3 is 10.1 Å². The summed E-state index contributed by atoms with van der Waals surface area (Å²) in [5.74, 6) is 1.22. The smallest absolute Gasteiger partial charge is 0.124 e. The predicted octanol–water partition coefficient (Wildman–Crippen LogP) is 5.83. The van der Waals surface area contributed by atoms with Crippen molar-refractivity contribution >= 4 is 40.5 Å². The van der Waals surface area contributed by atoms with Crippen LogP contribution in [-0.4, -0.2) is 6.61 Å². The van der Waals surface area contributed by atoms with Crippen LogP contribution in [0.2, 0.25) is 15.1 Å². The minimum absolute atomic E-state index is 0.115. The molecule has 5 heteroatoms. The van der Waals surface area contributed by atoms with E-state index in [9.17, 15) is 0 Å². The second-order valence-electron chi connectivity index (χ2n) is 5.19. The van der Waals surface area contributed by atoms with E-state index in [1.165, 1.54) is 0 Å². The van der Waals surface area contributed by atoms with Crippen molar-refractivity contribution in [3.8, 4) is 5.75 Å². The molecule has 0 fully saturated rings. The summed E-state index contributed by atoms with van der Waals surface area (Å²) in [4.78, 5) is 0. The number of halogens is 3. The molecule has 0 amide bonds. The first-order valence-electron chi connectivity index (χ1n) is 6.69. The predicted molar refractivity (Wildman–Crippen MR) is 88.9 cm³/mol. The molecule has 0 aliphatic carbocycles. The van der Waals surface area contributed by atoms with E-state index in [0.29, 0.717) is 27.6 Å². The summed E-state index contributed by atoms with van der Waals surface area (Å²) >= 11 is 18.3. The van der Waals surface area contributed by atoms with E-state index < -0.39 is 0 Å². The van der Waals surface area contributed by atoms with Gasteiger partial charge in [0.25, 0.3) is 0 Å². The SMILES string of the molecule is CC1COc2ccccc2C1Nc1cc(Cl)c(Cl)cc1Cl. The lowest BCUT2D eigenvalue weighted by Gasteiger charge is -2.33. The van der Waals surface area contributed by atoms with E-state index in [1.807, 2.05) is 18.2 Å². The zero-order valence-electron chi connectivity index (χ0n) is 11.4. The lowest BCUT2D eigenvalue weighted by atomic mass is 9.92. The first-order chi connectivity index (χ1) is 10.1. The molecular formula is C16H14Cl3NO. The van der Waals surface area contributed by atoms with Crippen molar-refractivity contribution < 1.29 is 4.74 Å². The van der Waals surface area contributed by atoms with Crippen LogP contribution in [0.15, 0.2) is 36.4 Å². The average Bonchev–Trinajstić information content (AvgIpc) is 2.47. The van der Waals surface area contributed by atoms with Gasteiger partial charge in [0.15, 0.2) is 0 Å². The molecule has 2 aromatic carbocycles. The molecule has 0 saturated heterocycles. The van der Waals surface area contributed by atoms with Gasteiger partial charge in [0.2, 0.25) is 0 Å². The van der Waals surface area contributed by atoms with Gasteiger partial charge in [-0.2, -0.15) is 0 Å². The number of nitrogens with one attached hydrogen (secondary N) is 1. The molecule has 2 unspecified atom stereocenters. The highest BCUT2D eigenvalue weighted by atomic mass is 35.5. The molecular weight excluding hydrogens is 329 g/mol. The number of hydrogen-bond acceptors (Lipinski definition) is 2. The van der Waals surface area contributed by atoms with Crippen molar-refractivity contribution in [3.05, 3.63) is 57.0 Å². The summed E-state index contributed by atoms with van der Waals surface area (Å²) in [6.07, 6.45) is 0. The summed E-state index contributed by atoms with van der Waals surface area (Å²) in [6.45, 7) is 2.80. The highest BCUT2D eigenvalue weighted by molar-refractivity contribution is 6.44. The van der Waals surface area contributed by atoms with Gasteiger partial charge in [-0.15, -0.1) is 0 Å². The van der Waals surface area contributed by atoms with E-state index in [1.54, 1.807) is 12.1 Å². The van der Waals surface area contributed by atoms with Crippen molar-refractivity contribution in [2.75, 3.05) is 11.9 Å². The van der Waals surface area contributed by atoms with Crippen molar-refractivity contribution in [1.82, 2.24) is 0 Å². The number of para-hydroxylation sites is 1. The Kier molecular flexibility index (Phi) is 4.21. The number of fused-ring (bicyclic) bond motifs is 1. The van der Waals surface area contributed by atoms with Crippen molar-refractivity contribution in [2.24, 2.45) is 5.92 Å². The molecule has 3 rings (SSSR count). The molecule has 110 valence electrons. The molecule has 1 aliphatic heterocycles. The Labute approximate surface area is 139 Å². The average molecular weight is 343 g/mol. The second kappa shape index (κ2) is 5.96. The molecule has 2 nitrogen and oxygen atoms in total. The van der Waals surface area contributed by atoms with Crippen molar-refractivity contribution in [1.29, 1.82) is 0 Å². The fourth-order valence-corrected chi connectivity index (χ4v) is 3.11. The zero-order valence-corrected chi connectivity index (χ0v) is 13.6. The Morgan fingerprint density at radius 1 is 1.05 bits per heavy atom. The third-order valence-electron chi connectivity index (χ3n) is 3.65. The molecule has 1 aliphatic rings. The van der Waals surface area contributed by atoms with Crippen LogP contribution < -0.4 is 10.1 Å². The van der Waals surface area contributed by atoms with Gasteiger partial charge >= 0.3 is 0 Å². The molecule has 0 saturated carbocycles. The maximum atomic E-state index is 6.26. The molecule has 0 radical (unpaired) electrons. The minimum atomic E-state index is 0.115. The van der Waals surface area contributed by atoms with E-state index in [0.717, 1.165) is 17.0 Å². The van der Waals surface area contributed by atoms with Crippen LogP contribution in [0, 0.1) is 5.92 Å². The van der Waals surface area contributed by atoms with Gasteiger partial charge in [-0.1, -0.05) is 59.9 Å². The van der Waals surface area contributed by atoms with Crippen LogP contribution in [0.25, 0.3) is 0 Å². The maximum Gasteiger partial charge on any atom is 0.124 e. The van der Waals surface area contributed by atoms with Crippen LogP contribution in [0.5, 0.6) is 5.75 Å². The lowest BCUT2D eigenvalue weighted by Crippen LogP contribution is -2.28. The van der Waals surface area contributed by atoms with Gasteiger partial charge in [0.05, 0.1) is 33.4 Å². The number of rotatable bonds is 2. The van der Waals surface area contributed by atoms with Gasteiger partial charge in [0.1, 0.15) is 5.75 Å². The summed E-state index contributed by atoms with van der Waals surface area (Å²) in [5.41, 5.74) is 1.90. The van der Waals surface area contributed by atoms with Crippen LogP contribution in [-0.2, 0) is 0 Å². The number of ether oxygens (including phenoxy) is 1. The van der Waals surface area contributed by atoms with Gasteiger partial charge in [-0.25, -0.2) is 0 Å². The first kappa shape index (κ1) is 14.8. The number of benzene rings is 2. The van der Waals surface area contributed by atoms with Crippen LogP contribution in [0.4, 0.5) is 5.69 Å². The monoisotopic (exact) mass is 341 g/mol.